The fourth-order valence-corrected chi connectivity index (χ4v) is 2.00. The maximum atomic E-state index is 12.2. The van der Waals surface area contributed by atoms with Crippen molar-refractivity contribution in [2.75, 3.05) is 13.2 Å². The first-order valence-electron chi connectivity index (χ1n) is 7.56. The average Bonchev–Trinajstić information content (AvgIpc) is 2.46. The zero-order valence-corrected chi connectivity index (χ0v) is 13.1. The molecule has 0 saturated heterocycles. The number of hydrogen-bond donors (Lipinski definition) is 0. The van der Waals surface area contributed by atoms with Crippen molar-refractivity contribution in [3.05, 3.63) is 23.8 Å². The number of rotatable bonds is 10. The van der Waals surface area contributed by atoms with Crippen LogP contribution in [0, 0.1) is 0 Å². The van der Waals surface area contributed by atoms with E-state index in [2.05, 4.69) is 0 Å². The van der Waals surface area contributed by atoms with Crippen LogP contribution in [0.3, 0.4) is 0 Å². The van der Waals surface area contributed by atoms with E-state index in [4.69, 9.17) is 9.47 Å². The lowest BCUT2D eigenvalue weighted by molar-refractivity contribution is -0.118. The highest BCUT2D eigenvalue weighted by atomic mass is 16.5. The van der Waals surface area contributed by atoms with E-state index in [-0.39, 0.29) is 18.0 Å². The molecule has 4 heteroatoms. The van der Waals surface area contributed by atoms with Gasteiger partial charge in [0.2, 0.25) is 0 Å². The summed E-state index contributed by atoms with van der Waals surface area (Å²) in [5.74, 6) is 0.937. The van der Waals surface area contributed by atoms with Crippen LogP contribution in [-0.4, -0.2) is 24.8 Å². The summed E-state index contributed by atoms with van der Waals surface area (Å²) in [6, 6.07) is 5.11. The number of benzene rings is 1. The van der Waals surface area contributed by atoms with Crippen molar-refractivity contribution in [2.45, 2.75) is 46.5 Å². The highest BCUT2D eigenvalue weighted by Gasteiger charge is 2.17. The Balaban J connectivity index is 2.84. The molecule has 4 nitrogen and oxygen atoms in total. The van der Waals surface area contributed by atoms with Crippen LogP contribution >= 0.6 is 0 Å². The number of ether oxygens (including phenoxy) is 2. The van der Waals surface area contributed by atoms with Gasteiger partial charge in [-0.2, -0.15) is 0 Å². The van der Waals surface area contributed by atoms with Gasteiger partial charge in [0.15, 0.2) is 5.78 Å². The first-order valence-corrected chi connectivity index (χ1v) is 7.56. The molecule has 1 rings (SSSR count). The number of unbranched alkanes of at least 4 members (excludes halogenated alkanes) is 1. The van der Waals surface area contributed by atoms with Crippen molar-refractivity contribution in [3.8, 4) is 11.5 Å². The lowest BCUT2D eigenvalue weighted by Gasteiger charge is -2.11. The van der Waals surface area contributed by atoms with Gasteiger partial charge < -0.3 is 9.47 Å². The SMILES string of the molecule is CCCCC(=O)CC(=O)c1ccc(OCC)cc1OCC. The van der Waals surface area contributed by atoms with E-state index in [0.717, 1.165) is 12.8 Å². The summed E-state index contributed by atoms with van der Waals surface area (Å²) in [4.78, 5) is 24.0. The Kier molecular flexibility index (Phi) is 7.51. The highest BCUT2D eigenvalue weighted by Crippen LogP contribution is 2.26. The standard InChI is InChI=1S/C17H24O4/c1-4-7-8-13(18)11-16(19)15-10-9-14(20-5-2)12-17(15)21-6-3/h9-10,12H,4-8,11H2,1-3H3. The van der Waals surface area contributed by atoms with Crippen molar-refractivity contribution >= 4 is 11.6 Å². The summed E-state index contributed by atoms with van der Waals surface area (Å²) in [5.41, 5.74) is 0.449. The van der Waals surface area contributed by atoms with E-state index in [9.17, 15) is 9.59 Å². The van der Waals surface area contributed by atoms with Crippen molar-refractivity contribution in [1.82, 2.24) is 0 Å². The minimum Gasteiger partial charge on any atom is -0.494 e. The van der Waals surface area contributed by atoms with E-state index in [1.807, 2.05) is 20.8 Å². The molecule has 0 atom stereocenters. The van der Waals surface area contributed by atoms with Gasteiger partial charge in [0.05, 0.1) is 25.2 Å². The zero-order valence-electron chi connectivity index (χ0n) is 13.1. The smallest absolute Gasteiger partial charge is 0.173 e. The number of carbonyl (C=O) groups excluding carboxylic acids is 2. The van der Waals surface area contributed by atoms with Gasteiger partial charge in [-0.3, -0.25) is 9.59 Å². The Labute approximate surface area is 126 Å². The molecule has 0 bridgehead atoms. The van der Waals surface area contributed by atoms with Crippen molar-refractivity contribution in [3.63, 3.8) is 0 Å². The Bertz CT molecular complexity index is 480. The van der Waals surface area contributed by atoms with Gasteiger partial charge in [-0.1, -0.05) is 13.3 Å². The Morgan fingerprint density at radius 2 is 1.76 bits per heavy atom. The molecule has 0 saturated carbocycles. The fraction of sp³-hybridized carbons (Fsp3) is 0.529. The van der Waals surface area contributed by atoms with Gasteiger partial charge >= 0.3 is 0 Å². The predicted molar refractivity (Wildman–Crippen MR) is 82.3 cm³/mol. The number of Topliss-reactive ketones (excluding diaryl/α,β-unsaturated/α-hetero) is 2. The molecule has 0 spiro atoms. The maximum Gasteiger partial charge on any atom is 0.173 e. The second kappa shape index (κ2) is 9.16. The lowest BCUT2D eigenvalue weighted by Crippen LogP contribution is -2.10. The van der Waals surface area contributed by atoms with Gasteiger partial charge in [-0.05, 0) is 32.4 Å². The Morgan fingerprint density at radius 1 is 1.05 bits per heavy atom. The van der Waals surface area contributed by atoms with Crippen molar-refractivity contribution < 1.29 is 19.1 Å². The van der Waals surface area contributed by atoms with Crippen LogP contribution in [-0.2, 0) is 4.79 Å². The minimum atomic E-state index is -0.192. The molecule has 0 aliphatic heterocycles. The average molecular weight is 292 g/mol. The van der Waals surface area contributed by atoms with Gasteiger partial charge in [0, 0.05) is 12.5 Å². The summed E-state index contributed by atoms with van der Waals surface area (Å²) < 4.78 is 10.9. The first kappa shape index (κ1) is 17.2. The molecule has 0 radical (unpaired) electrons. The maximum absolute atomic E-state index is 12.2. The molecule has 0 amide bonds. The summed E-state index contributed by atoms with van der Waals surface area (Å²) in [6.07, 6.45) is 2.18. The molecule has 0 aromatic heterocycles. The molecular weight excluding hydrogens is 268 g/mol. The fourth-order valence-electron chi connectivity index (χ4n) is 2.00. The second-order valence-electron chi connectivity index (χ2n) is 4.77. The Morgan fingerprint density at radius 3 is 2.38 bits per heavy atom. The second-order valence-corrected chi connectivity index (χ2v) is 4.77. The van der Waals surface area contributed by atoms with Crippen LogP contribution in [0.1, 0.15) is 56.8 Å². The van der Waals surface area contributed by atoms with Crippen LogP contribution in [0.25, 0.3) is 0 Å². The highest BCUT2D eigenvalue weighted by molar-refractivity contribution is 6.09. The molecule has 0 heterocycles. The Hall–Kier alpha value is -1.84. The lowest BCUT2D eigenvalue weighted by atomic mass is 10.0. The topological polar surface area (TPSA) is 52.6 Å². The molecule has 21 heavy (non-hydrogen) atoms. The third-order valence-corrected chi connectivity index (χ3v) is 3.03. The largest absolute Gasteiger partial charge is 0.494 e. The molecule has 0 aliphatic carbocycles. The number of hydrogen-bond acceptors (Lipinski definition) is 4. The third-order valence-electron chi connectivity index (χ3n) is 3.03. The molecule has 0 aliphatic rings. The molecule has 0 unspecified atom stereocenters. The van der Waals surface area contributed by atoms with Gasteiger partial charge in [-0.25, -0.2) is 0 Å². The zero-order chi connectivity index (χ0) is 15.7. The van der Waals surface area contributed by atoms with Crippen molar-refractivity contribution in [1.29, 1.82) is 0 Å². The predicted octanol–water partition coefficient (Wildman–Crippen LogP) is 3.82. The van der Waals surface area contributed by atoms with Gasteiger partial charge in [0.1, 0.15) is 17.3 Å². The quantitative estimate of drug-likeness (QED) is 0.486. The number of ketones is 2. The van der Waals surface area contributed by atoms with E-state index in [1.165, 1.54) is 0 Å². The third kappa shape index (κ3) is 5.58. The van der Waals surface area contributed by atoms with Crippen LogP contribution in [0.5, 0.6) is 11.5 Å². The van der Waals surface area contributed by atoms with E-state index in [0.29, 0.717) is 36.7 Å². The number of carbonyl (C=O) groups is 2. The van der Waals surface area contributed by atoms with E-state index >= 15 is 0 Å². The van der Waals surface area contributed by atoms with Crippen LogP contribution in [0.15, 0.2) is 18.2 Å². The summed E-state index contributed by atoms with van der Waals surface area (Å²) in [7, 11) is 0. The molecule has 0 fully saturated rings. The van der Waals surface area contributed by atoms with Crippen molar-refractivity contribution in [2.24, 2.45) is 0 Å². The molecule has 1 aromatic rings. The molecule has 1 aromatic carbocycles. The summed E-state index contributed by atoms with van der Waals surface area (Å²) in [6.45, 7) is 6.78. The summed E-state index contributed by atoms with van der Waals surface area (Å²) >= 11 is 0. The van der Waals surface area contributed by atoms with Gasteiger partial charge in [0.25, 0.3) is 0 Å². The summed E-state index contributed by atoms with van der Waals surface area (Å²) in [5, 5.41) is 0. The van der Waals surface area contributed by atoms with Gasteiger partial charge in [-0.15, -0.1) is 0 Å². The van der Waals surface area contributed by atoms with Crippen LogP contribution in [0.4, 0.5) is 0 Å². The minimum absolute atomic E-state index is 0.0156. The van der Waals surface area contributed by atoms with E-state index in [1.54, 1.807) is 18.2 Å². The van der Waals surface area contributed by atoms with Crippen LogP contribution < -0.4 is 9.47 Å². The van der Waals surface area contributed by atoms with Crippen LogP contribution in [0.2, 0.25) is 0 Å². The van der Waals surface area contributed by atoms with E-state index < -0.39 is 0 Å². The normalized spacial score (nSPS) is 10.2. The monoisotopic (exact) mass is 292 g/mol. The molecular formula is C17H24O4. The first-order chi connectivity index (χ1) is 10.1. The molecule has 0 N–H and O–H groups in total. The molecule has 116 valence electrons.